The molecule has 0 atom stereocenters. The van der Waals surface area contributed by atoms with Crippen molar-refractivity contribution in [2.45, 2.75) is 0 Å². The van der Waals surface area contributed by atoms with Gasteiger partial charge in [0.15, 0.2) is 5.82 Å². The van der Waals surface area contributed by atoms with E-state index in [1.54, 1.807) is 49.2 Å². The molecule has 8 nitrogen and oxygen atoms in total. The number of nitrogens with zero attached hydrogens (tertiary/aromatic N) is 6. The first-order valence-electron chi connectivity index (χ1n) is 10.6. The van der Waals surface area contributed by atoms with Crippen molar-refractivity contribution in [3.8, 4) is 33.9 Å². The maximum absolute atomic E-state index is 14.5. The maximum atomic E-state index is 14.5. The number of anilines is 1. The molecule has 6 aromatic rings. The lowest BCUT2D eigenvalue weighted by Gasteiger charge is -2.12. The van der Waals surface area contributed by atoms with E-state index in [1.165, 1.54) is 6.07 Å². The first kappa shape index (κ1) is 20.0. The van der Waals surface area contributed by atoms with Gasteiger partial charge >= 0.3 is 0 Å². The fourth-order valence-electron chi connectivity index (χ4n) is 3.99. The minimum absolute atomic E-state index is 0.323. The zero-order valence-corrected chi connectivity index (χ0v) is 18.4. The highest BCUT2D eigenvalue weighted by Gasteiger charge is 2.17. The van der Waals surface area contributed by atoms with Crippen molar-refractivity contribution in [1.82, 2.24) is 35.1 Å². The molecule has 6 rings (SSSR count). The van der Waals surface area contributed by atoms with E-state index in [2.05, 4.69) is 30.1 Å². The number of hydrogen-bond donors (Lipinski definition) is 2. The lowest BCUT2D eigenvalue weighted by molar-refractivity contribution is 0.631. The number of nitrogens with one attached hydrogen (secondary N) is 2. The summed E-state index contributed by atoms with van der Waals surface area (Å²) in [6.45, 7) is 0. The second-order valence-electron chi connectivity index (χ2n) is 8.16. The molecule has 0 unspecified atom stereocenters. The number of pyridine rings is 3. The Morgan fingerprint density at radius 1 is 0.882 bits per heavy atom. The van der Waals surface area contributed by atoms with Gasteiger partial charge in [-0.2, -0.15) is 5.10 Å². The molecule has 166 valence electrons. The topological polar surface area (TPSA) is 99.3 Å². The second-order valence-corrected chi connectivity index (χ2v) is 8.16. The average molecular weight is 450 g/mol. The molecule has 5 aromatic heterocycles. The number of H-pyrrole nitrogens is 2. The lowest BCUT2D eigenvalue weighted by atomic mass is 10.1. The first-order chi connectivity index (χ1) is 16.6. The highest BCUT2D eigenvalue weighted by molar-refractivity contribution is 5.97. The van der Waals surface area contributed by atoms with Gasteiger partial charge in [-0.3, -0.25) is 20.1 Å². The molecular formula is C25H19FN8. The summed E-state index contributed by atoms with van der Waals surface area (Å²) in [5, 5.41) is 8.37. The van der Waals surface area contributed by atoms with E-state index in [0.29, 0.717) is 33.7 Å². The molecule has 0 fully saturated rings. The normalized spacial score (nSPS) is 11.4. The van der Waals surface area contributed by atoms with Gasteiger partial charge in [0.25, 0.3) is 0 Å². The van der Waals surface area contributed by atoms with Gasteiger partial charge in [0.1, 0.15) is 17.0 Å². The van der Waals surface area contributed by atoms with E-state index in [9.17, 15) is 4.39 Å². The third-order valence-electron chi connectivity index (χ3n) is 5.77. The van der Waals surface area contributed by atoms with E-state index in [4.69, 9.17) is 4.98 Å². The zero-order chi connectivity index (χ0) is 23.2. The molecule has 34 heavy (non-hydrogen) atoms. The summed E-state index contributed by atoms with van der Waals surface area (Å²) < 4.78 is 14.5. The smallest absolute Gasteiger partial charge is 0.159 e. The second kappa shape index (κ2) is 7.73. The van der Waals surface area contributed by atoms with E-state index in [0.717, 1.165) is 27.8 Å². The third kappa shape index (κ3) is 3.25. The van der Waals surface area contributed by atoms with Crippen molar-refractivity contribution < 1.29 is 4.39 Å². The van der Waals surface area contributed by atoms with Crippen molar-refractivity contribution in [2.75, 3.05) is 19.0 Å². The monoisotopic (exact) mass is 450 g/mol. The Kier molecular flexibility index (Phi) is 4.54. The Morgan fingerprint density at radius 3 is 2.59 bits per heavy atom. The molecule has 0 amide bonds. The fraction of sp³-hybridized carbons (Fsp3) is 0.0800. The summed E-state index contributed by atoms with van der Waals surface area (Å²) in [5.74, 6) is 0.236. The Labute approximate surface area is 193 Å². The zero-order valence-electron chi connectivity index (χ0n) is 18.4. The van der Waals surface area contributed by atoms with Crippen LogP contribution in [0.25, 0.3) is 55.8 Å². The van der Waals surface area contributed by atoms with Gasteiger partial charge in [0.2, 0.25) is 0 Å². The minimum atomic E-state index is -0.323. The van der Waals surface area contributed by atoms with E-state index in [-0.39, 0.29) is 5.82 Å². The quantitative estimate of drug-likeness (QED) is 0.399. The molecule has 0 bridgehead atoms. The Balaban J connectivity index is 1.49. The van der Waals surface area contributed by atoms with E-state index >= 15 is 0 Å². The van der Waals surface area contributed by atoms with E-state index < -0.39 is 0 Å². The van der Waals surface area contributed by atoms with E-state index in [1.807, 2.05) is 31.1 Å². The van der Waals surface area contributed by atoms with Crippen LogP contribution in [0.15, 0.2) is 67.4 Å². The van der Waals surface area contributed by atoms with Gasteiger partial charge in [-0.15, -0.1) is 0 Å². The summed E-state index contributed by atoms with van der Waals surface area (Å²) >= 11 is 0. The number of benzene rings is 1. The Morgan fingerprint density at radius 2 is 1.74 bits per heavy atom. The maximum Gasteiger partial charge on any atom is 0.159 e. The molecule has 0 saturated carbocycles. The molecule has 2 N–H and O–H groups in total. The molecular weight excluding hydrogens is 431 g/mol. The number of halogens is 1. The van der Waals surface area contributed by atoms with Crippen LogP contribution < -0.4 is 4.90 Å². The van der Waals surface area contributed by atoms with Crippen LogP contribution in [-0.2, 0) is 0 Å². The molecule has 0 spiro atoms. The van der Waals surface area contributed by atoms with Crippen LogP contribution in [0.4, 0.5) is 10.1 Å². The third-order valence-corrected chi connectivity index (χ3v) is 5.77. The van der Waals surface area contributed by atoms with Crippen molar-refractivity contribution >= 4 is 27.6 Å². The van der Waals surface area contributed by atoms with Crippen molar-refractivity contribution in [3.63, 3.8) is 0 Å². The van der Waals surface area contributed by atoms with Crippen molar-refractivity contribution in [3.05, 3.63) is 73.2 Å². The Bertz CT molecular complexity index is 1670. The summed E-state index contributed by atoms with van der Waals surface area (Å²) in [4.78, 5) is 23.3. The summed E-state index contributed by atoms with van der Waals surface area (Å²) in [6.07, 6.45) is 8.64. The van der Waals surface area contributed by atoms with Crippen molar-refractivity contribution in [1.29, 1.82) is 0 Å². The number of fused-ring (bicyclic) bond motifs is 2. The minimum Gasteiger partial charge on any atom is -0.376 e. The molecule has 5 heterocycles. The van der Waals surface area contributed by atoms with Crippen LogP contribution >= 0.6 is 0 Å². The average Bonchev–Trinajstić information content (AvgIpc) is 3.48. The molecule has 0 aliphatic heterocycles. The first-order valence-corrected chi connectivity index (χ1v) is 10.6. The molecule has 9 heteroatoms. The molecule has 1 aromatic carbocycles. The molecule has 0 aliphatic rings. The number of rotatable bonds is 4. The lowest BCUT2D eigenvalue weighted by Crippen LogP contribution is -2.08. The predicted octanol–water partition coefficient (Wildman–Crippen LogP) is 4.83. The highest BCUT2D eigenvalue weighted by atomic mass is 19.1. The fourth-order valence-corrected chi connectivity index (χ4v) is 3.99. The van der Waals surface area contributed by atoms with Gasteiger partial charge in [0.05, 0.1) is 41.0 Å². The van der Waals surface area contributed by atoms with Crippen LogP contribution in [-0.4, -0.2) is 49.2 Å². The predicted molar refractivity (Wildman–Crippen MR) is 130 cm³/mol. The van der Waals surface area contributed by atoms with Crippen LogP contribution in [0.1, 0.15) is 0 Å². The number of aromatic nitrogens is 7. The molecule has 0 aliphatic carbocycles. The number of hydrogen-bond acceptors (Lipinski definition) is 6. The van der Waals surface area contributed by atoms with Crippen LogP contribution in [0.3, 0.4) is 0 Å². The van der Waals surface area contributed by atoms with Gasteiger partial charge < -0.3 is 9.88 Å². The standard InChI is InChI=1S/C25H19FN8/c1-34(2)15-7-14(9-27-10-15)20-8-17-21(13-29-20)32-33-24(17)25-30-22-12-28-11-18(23(22)31-25)16-5-3-4-6-19(16)26/h3-13H,1-2H3,(H,30,31)(H,32,33). The van der Waals surface area contributed by atoms with Gasteiger partial charge in [0, 0.05) is 48.6 Å². The van der Waals surface area contributed by atoms with Gasteiger partial charge in [-0.1, -0.05) is 18.2 Å². The number of aromatic amines is 2. The highest BCUT2D eigenvalue weighted by Crippen LogP contribution is 2.33. The van der Waals surface area contributed by atoms with Gasteiger partial charge in [-0.25, -0.2) is 9.37 Å². The van der Waals surface area contributed by atoms with Crippen molar-refractivity contribution in [2.24, 2.45) is 0 Å². The largest absolute Gasteiger partial charge is 0.376 e. The van der Waals surface area contributed by atoms with Gasteiger partial charge in [-0.05, 0) is 18.2 Å². The van der Waals surface area contributed by atoms with Crippen LogP contribution in [0, 0.1) is 5.82 Å². The Hall–Kier alpha value is -4.66. The summed E-state index contributed by atoms with van der Waals surface area (Å²) in [6, 6.07) is 10.6. The SMILES string of the molecule is CN(C)c1cncc(-c2cc3c(-c4nc5c(-c6ccccc6F)cncc5[nH]4)n[nH]c3cn2)c1. The summed E-state index contributed by atoms with van der Waals surface area (Å²) in [7, 11) is 3.94. The number of imidazole rings is 1. The molecule has 0 radical (unpaired) electrons. The van der Waals surface area contributed by atoms with Crippen LogP contribution in [0.2, 0.25) is 0 Å². The molecule has 0 saturated heterocycles. The summed E-state index contributed by atoms with van der Waals surface area (Å²) in [5.41, 5.74) is 6.48. The van der Waals surface area contributed by atoms with Crippen LogP contribution in [0.5, 0.6) is 0 Å².